The number of carbonyl (C=O) groups excluding carboxylic acids is 4. The van der Waals surface area contributed by atoms with Gasteiger partial charge >= 0.3 is 0 Å². The third-order valence-electron chi connectivity index (χ3n) is 6.99. The van der Waals surface area contributed by atoms with Crippen molar-refractivity contribution in [3.8, 4) is 23.8 Å². The third-order valence-corrected chi connectivity index (χ3v) is 6.99. The molecular weight excluding hydrogens is 684 g/mol. The number of imide groups is 2. The van der Waals surface area contributed by atoms with Gasteiger partial charge in [-0.05, 0) is 12.1 Å². The van der Waals surface area contributed by atoms with E-state index < -0.39 is 0 Å². The van der Waals surface area contributed by atoms with E-state index in [-0.39, 0.29) is 49.9 Å². The zero-order valence-electron chi connectivity index (χ0n) is 29.4. The van der Waals surface area contributed by atoms with Gasteiger partial charge in [-0.2, -0.15) is 0 Å². The molecule has 0 saturated carbocycles. The van der Waals surface area contributed by atoms with Gasteiger partial charge in [0.15, 0.2) is 0 Å². The molecule has 0 saturated heterocycles. The Morgan fingerprint density at radius 3 is 0.962 bits per heavy atom. The van der Waals surface area contributed by atoms with Crippen molar-refractivity contribution in [2.45, 2.75) is 0 Å². The van der Waals surface area contributed by atoms with E-state index in [4.69, 9.17) is 53.8 Å². The first-order chi connectivity index (χ1) is 25.5. The summed E-state index contributed by atoms with van der Waals surface area (Å²) in [7, 11) is 0. The number of amides is 4. The molecule has 52 heavy (non-hydrogen) atoms. The van der Waals surface area contributed by atoms with Crippen molar-refractivity contribution in [1.29, 1.82) is 0 Å². The van der Waals surface area contributed by atoms with Gasteiger partial charge < -0.3 is 47.4 Å². The molecule has 0 N–H and O–H groups in total. The van der Waals surface area contributed by atoms with Crippen molar-refractivity contribution in [2.75, 3.05) is 132 Å². The Morgan fingerprint density at radius 2 is 0.673 bits per heavy atom. The summed E-state index contributed by atoms with van der Waals surface area (Å²) >= 11 is 0. The molecule has 0 bridgehead atoms. The van der Waals surface area contributed by atoms with Crippen molar-refractivity contribution in [3.63, 3.8) is 0 Å². The molecular formula is C36H48N2O14. The molecule has 0 spiro atoms. The molecule has 16 heteroatoms. The molecule has 1 aromatic carbocycles. The van der Waals surface area contributed by atoms with E-state index in [2.05, 4.69) is 5.92 Å². The van der Waals surface area contributed by atoms with Crippen LogP contribution in [0.4, 0.5) is 0 Å². The summed E-state index contributed by atoms with van der Waals surface area (Å²) in [4.78, 5) is 48.0. The Bertz CT molecular complexity index is 1220. The fourth-order valence-electron chi connectivity index (χ4n) is 4.40. The van der Waals surface area contributed by atoms with Gasteiger partial charge in [0.1, 0.15) is 24.7 Å². The first-order valence-electron chi connectivity index (χ1n) is 17.0. The standard InChI is InChI=1S/C36H48N2O14/c1-2-30-27-31(51-25-23-49-21-19-47-17-15-45-13-11-43-9-7-37-33(39)3-4-34(37)40)29-32(28-30)52-26-24-50-22-20-48-18-16-46-14-12-44-10-8-38-35(41)5-6-36(38)42/h1,3-6,27-29H,7-26H2. The van der Waals surface area contributed by atoms with Crippen LogP contribution >= 0.6 is 0 Å². The predicted molar refractivity (Wildman–Crippen MR) is 184 cm³/mol. The van der Waals surface area contributed by atoms with E-state index in [0.29, 0.717) is 123 Å². The van der Waals surface area contributed by atoms with E-state index in [1.54, 1.807) is 18.2 Å². The molecule has 16 nitrogen and oxygen atoms in total. The molecule has 0 aromatic heterocycles. The Kier molecular flexibility index (Phi) is 21.6. The molecule has 4 amide bonds. The number of hydrogen-bond donors (Lipinski definition) is 0. The van der Waals surface area contributed by atoms with Gasteiger partial charge in [-0.1, -0.05) is 5.92 Å². The Balaban J connectivity index is 1.06. The van der Waals surface area contributed by atoms with Crippen LogP contribution in [0.5, 0.6) is 11.5 Å². The summed E-state index contributed by atoms with van der Waals surface area (Å²) in [5.74, 6) is 2.45. The largest absolute Gasteiger partial charge is 0.491 e. The number of ether oxygens (including phenoxy) is 10. The fourth-order valence-corrected chi connectivity index (χ4v) is 4.40. The maximum absolute atomic E-state index is 11.4. The topological polar surface area (TPSA) is 167 Å². The zero-order valence-corrected chi connectivity index (χ0v) is 29.4. The first kappa shape index (κ1) is 42.2. The normalized spacial score (nSPS) is 13.9. The molecule has 1 aromatic rings. The number of nitrogens with zero attached hydrogens (tertiary/aromatic N) is 2. The van der Waals surface area contributed by atoms with Crippen LogP contribution in [0.25, 0.3) is 0 Å². The van der Waals surface area contributed by atoms with E-state index >= 15 is 0 Å². The van der Waals surface area contributed by atoms with Gasteiger partial charge in [-0.25, -0.2) is 0 Å². The van der Waals surface area contributed by atoms with Gasteiger partial charge in [-0.15, -0.1) is 6.42 Å². The molecule has 2 aliphatic heterocycles. The maximum Gasteiger partial charge on any atom is 0.253 e. The molecule has 2 aliphatic rings. The lowest BCUT2D eigenvalue weighted by Gasteiger charge is -2.13. The predicted octanol–water partition coefficient (Wildman–Crippen LogP) is 0.408. The summed E-state index contributed by atoms with van der Waals surface area (Å²) in [6.45, 7) is 7.02. The summed E-state index contributed by atoms with van der Waals surface area (Å²) < 4.78 is 55.2. The van der Waals surface area contributed by atoms with Gasteiger partial charge in [0, 0.05) is 35.9 Å². The number of benzene rings is 1. The van der Waals surface area contributed by atoms with Crippen molar-refractivity contribution < 1.29 is 66.5 Å². The van der Waals surface area contributed by atoms with Crippen molar-refractivity contribution in [1.82, 2.24) is 9.80 Å². The monoisotopic (exact) mass is 732 g/mol. The van der Waals surface area contributed by atoms with Gasteiger partial charge in [-0.3, -0.25) is 29.0 Å². The number of rotatable bonds is 32. The molecule has 2 heterocycles. The Labute approximate surface area is 303 Å². The maximum atomic E-state index is 11.4. The highest BCUT2D eigenvalue weighted by Crippen LogP contribution is 2.22. The molecule has 0 fully saturated rings. The van der Waals surface area contributed by atoms with Gasteiger partial charge in [0.05, 0.1) is 119 Å². The quantitative estimate of drug-likeness (QED) is 0.0568. The highest BCUT2D eigenvalue weighted by atomic mass is 16.6. The third kappa shape index (κ3) is 17.8. The van der Waals surface area contributed by atoms with Crippen LogP contribution < -0.4 is 9.47 Å². The van der Waals surface area contributed by atoms with Crippen molar-refractivity contribution in [2.24, 2.45) is 0 Å². The molecule has 0 radical (unpaired) electrons. The van der Waals surface area contributed by atoms with Crippen molar-refractivity contribution in [3.05, 3.63) is 48.1 Å². The van der Waals surface area contributed by atoms with Crippen LogP contribution in [0, 0.1) is 12.3 Å². The van der Waals surface area contributed by atoms with E-state index in [1.165, 1.54) is 24.3 Å². The summed E-state index contributed by atoms with van der Waals surface area (Å²) in [5, 5.41) is 0. The minimum Gasteiger partial charge on any atom is -0.491 e. The second kappa shape index (κ2) is 26.6. The average molecular weight is 733 g/mol. The van der Waals surface area contributed by atoms with E-state index in [0.717, 1.165) is 9.80 Å². The minimum absolute atomic E-state index is 0.220. The number of terminal acetylenes is 1. The van der Waals surface area contributed by atoms with Crippen LogP contribution in [-0.2, 0) is 57.1 Å². The molecule has 286 valence electrons. The lowest BCUT2D eigenvalue weighted by atomic mass is 10.2. The lowest BCUT2D eigenvalue weighted by molar-refractivity contribution is -0.139. The Hall–Kier alpha value is -4.18. The van der Waals surface area contributed by atoms with Gasteiger partial charge in [0.2, 0.25) is 0 Å². The minimum atomic E-state index is -0.321. The van der Waals surface area contributed by atoms with E-state index in [9.17, 15) is 19.2 Å². The summed E-state index contributed by atoms with van der Waals surface area (Å²) in [5.41, 5.74) is 0.624. The zero-order chi connectivity index (χ0) is 37.1. The first-order valence-corrected chi connectivity index (χ1v) is 17.0. The molecule has 3 rings (SSSR count). The SMILES string of the molecule is C#Cc1cc(OCCOCCOCCOCCOCCN2C(=O)C=CC2=O)cc(OCCOCCOCCOCCOCCN2C(=O)C=CC2=O)c1. The van der Waals surface area contributed by atoms with Gasteiger partial charge in [0.25, 0.3) is 23.6 Å². The second-order valence-corrected chi connectivity index (χ2v) is 10.8. The smallest absolute Gasteiger partial charge is 0.253 e. The second-order valence-electron chi connectivity index (χ2n) is 10.8. The average Bonchev–Trinajstić information content (AvgIpc) is 3.64. The highest BCUT2D eigenvalue weighted by Gasteiger charge is 2.23. The van der Waals surface area contributed by atoms with Crippen LogP contribution in [-0.4, -0.2) is 165 Å². The summed E-state index contributed by atoms with van der Waals surface area (Å²) in [6.07, 6.45) is 10.6. The Morgan fingerprint density at radius 1 is 0.404 bits per heavy atom. The highest BCUT2D eigenvalue weighted by molar-refractivity contribution is 6.13. The van der Waals surface area contributed by atoms with E-state index in [1.807, 2.05) is 0 Å². The lowest BCUT2D eigenvalue weighted by Crippen LogP contribution is -2.33. The molecule has 0 atom stereocenters. The van der Waals surface area contributed by atoms with Crippen LogP contribution in [0.15, 0.2) is 42.5 Å². The number of hydrogen-bond acceptors (Lipinski definition) is 14. The fraction of sp³-hybridized carbons (Fsp3) is 0.556. The number of carbonyl (C=O) groups is 4. The van der Waals surface area contributed by atoms with Crippen LogP contribution in [0.2, 0.25) is 0 Å². The summed E-state index contributed by atoms with van der Waals surface area (Å²) in [6, 6.07) is 5.25. The van der Waals surface area contributed by atoms with Crippen LogP contribution in [0.1, 0.15) is 5.56 Å². The molecule has 0 unspecified atom stereocenters. The van der Waals surface area contributed by atoms with Crippen molar-refractivity contribution >= 4 is 23.6 Å². The van der Waals surface area contributed by atoms with Crippen LogP contribution in [0.3, 0.4) is 0 Å². The molecule has 0 aliphatic carbocycles.